The molecule has 1 rings (SSSR count). The molecule has 0 amide bonds. The molecular weight excluding hydrogens is 138 g/mol. The average molecular weight is 155 g/mol. The van der Waals surface area contributed by atoms with Crippen LogP contribution >= 0.6 is 0 Å². The number of carbonyl (C=O) groups excluding carboxylic acids is 1. The standard InChI is InChI=1S/C9H17NO/c1-9(2,3)8-5-4-7(6-11)10-8/h6-8,10H,4-5H2,1-3H3. The molecule has 64 valence electrons. The third-order valence-electron chi connectivity index (χ3n) is 2.39. The zero-order chi connectivity index (χ0) is 8.48. The van der Waals surface area contributed by atoms with Crippen molar-refractivity contribution in [3.63, 3.8) is 0 Å². The Morgan fingerprint density at radius 3 is 2.27 bits per heavy atom. The fourth-order valence-electron chi connectivity index (χ4n) is 1.56. The first-order valence-electron chi connectivity index (χ1n) is 4.25. The quantitative estimate of drug-likeness (QED) is 0.579. The predicted octanol–water partition coefficient (Wildman–Crippen LogP) is 1.35. The first-order valence-corrected chi connectivity index (χ1v) is 4.25. The highest BCUT2D eigenvalue weighted by Gasteiger charge is 2.31. The van der Waals surface area contributed by atoms with Crippen molar-refractivity contribution in [3.05, 3.63) is 0 Å². The van der Waals surface area contributed by atoms with E-state index in [4.69, 9.17) is 0 Å². The summed E-state index contributed by atoms with van der Waals surface area (Å²) in [5.74, 6) is 0. The van der Waals surface area contributed by atoms with Gasteiger partial charge in [0.05, 0.1) is 6.04 Å². The fraction of sp³-hybridized carbons (Fsp3) is 0.889. The lowest BCUT2D eigenvalue weighted by atomic mass is 9.86. The van der Waals surface area contributed by atoms with E-state index in [-0.39, 0.29) is 11.5 Å². The van der Waals surface area contributed by atoms with Crippen molar-refractivity contribution in [1.82, 2.24) is 5.32 Å². The van der Waals surface area contributed by atoms with Crippen molar-refractivity contribution in [2.24, 2.45) is 5.41 Å². The van der Waals surface area contributed by atoms with Crippen molar-refractivity contribution in [2.45, 2.75) is 45.7 Å². The SMILES string of the molecule is CC(C)(C)C1CCC(C=O)N1. The van der Waals surface area contributed by atoms with E-state index in [0.29, 0.717) is 6.04 Å². The van der Waals surface area contributed by atoms with Crippen LogP contribution in [0, 0.1) is 5.41 Å². The molecular formula is C9H17NO. The number of hydrogen-bond donors (Lipinski definition) is 1. The van der Waals surface area contributed by atoms with Crippen LogP contribution in [0.3, 0.4) is 0 Å². The molecule has 1 aliphatic rings. The van der Waals surface area contributed by atoms with E-state index < -0.39 is 0 Å². The van der Waals surface area contributed by atoms with E-state index in [2.05, 4.69) is 26.1 Å². The normalized spacial score (nSPS) is 32.3. The summed E-state index contributed by atoms with van der Waals surface area (Å²) in [4.78, 5) is 10.4. The molecule has 1 N–H and O–H groups in total. The number of carbonyl (C=O) groups is 1. The summed E-state index contributed by atoms with van der Waals surface area (Å²) in [6.45, 7) is 6.62. The molecule has 0 aromatic rings. The Hall–Kier alpha value is -0.370. The Morgan fingerprint density at radius 2 is 2.00 bits per heavy atom. The maximum absolute atomic E-state index is 10.4. The van der Waals surface area contributed by atoms with Crippen molar-refractivity contribution in [2.75, 3.05) is 0 Å². The van der Waals surface area contributed by atoms with E-state index in [1.807, 2.05) is 0 Å². The molecule has 2 unspecified atom stereocenters. The summed E-state index contributed by atoms with van der Waals surface area (Å²) in [5, 5.41) is 3.31. The summed E-state index contributed by atoms with van der Waals surface area (Å²) < 4.78 is 0. The van der Waals surface area contributed by atoms with Gasteiger partial charge in [0.2, 0.25) is 0 Å². The molecule has 2 heteroatoms. The van der Waals surface area contributed by atoms with Crippen molar-refractivity contribution < 1.29 is 4.79 Å². The van der Waals surface area contributed by atoms with Gasteiger partial charge in [0.15, 0.2) is 0 Å². The maximum Gasteiger partial charge on any atom is 0.136 e. The zero-order valence-corrected chi connectivity index (χ0v) is 7.55. The Balaban J connectivity index is 2.48. The minimum Gasteiger partial charge on any atom is -0.304 e. The van der Waals surface area contributed by atoms with Gasteiger partial charge in [0, 0.05) is 6.04 Å². The topological polar surface area (TPSA) is 29.1 Å². The van der Waals surface area contributed by atoms with Crippen LogP contribution in [0.5, 0.6) is 0 Å². The average Bonchev–Trinajstić information content (AvgIpc) is 2.32. The molecule has 2 nitrogen and oxygen atoms in total. The molecule has 2 atom stereocenters. The fourth-order valence-corrected chi connectivity index (χ4v) is 1.56. The summed E-state index contributed by atoms with van der Waals surface area (Å²) >= 11 is 0. The largest absolute Gasteiger partial charge is 0.304 e. The van der Waals surface area contributed by atoms with Crippen LogP contribution < -0.4 is 5.32 Å². The van der Waals surface area contributed by atoms with E-state index in [9.17, 15) is 4.79 Å². The summed E-state index contributed by atoms with van der Waals surface area (Å²) in [6, 6.07) is 0.622. The Morgan fingerprint density at radius 1 is 1.36 bits per heavy atom. The van der Waals surface area contributed by atoms with Crippen molar-refractivity contribution in [1.29, 1.82) is 0 Å². The van der Waals surface area contributed by atoms with Crippen LogP contribution in [-0.2, 0) is 4.79 Å². The van der Waals surface area contributed by atoms with Crippen LogP contribution in [0.25, 0.3) is 0 Å². The smallest absolute Gasteiger partial charge is 0.136 e. The third-order valence-corrected chi connectivity index (χ3v) is 2.39. The van der Waals surface area contributed by atoms with Gasteiger partial charge in [0.1, 0.15) is 6.29 Å². The molecule has 0 aliphatic carbocycles. The number of nitrogens with one attached hydrogen (secondary N) is 1. The Kier molecular flexibility index (Phi) is 2.33. The second-order valence-corrected chi connectivity index (χ2v) is 4.41. The van der Waals surface area contributed by atoms with Crippen LogP contribution in [0.2, 0.25) is 0 Å². The molecule has 1 fully saturated rings. The molecule has 0 aromatic heterocycles. The summed E-state index contributed by atoms with van der Waals surface area (Å²) in [7, 11) is 0. The molecule has 1 saturated heterocycles. The van der Waals surface area contributed by atoms with E-state index in [1.165, 1.54) is 0 Å². The molecule has 0 spiro atoms. The van der Waals surface area contributed by atoms with Gasteiger partial charge in [-0.15, -0.1) is 0 Å². The highest BCUT2D eigenvalue weighted by atomic mass is 16.1. The van der Waals surface area contributed by atoms with E-state index >= 15 is 0 Å². The second kappa shape index (κ2) is 2.94. The lowest BCUT2D eigenvalue weighted by molar-refractivity contribution is -0.109. The van der Waals surface area contributed by atoms with Gasteiger partial charge in [-0.25, -0.2) is 0 Å². The van der Waals surface area contributed by atoms with Gasteiger partial charge < -0.3 is 10.1 Å². The molecule has 11 heavy (non-hydrogen) atoms. The summed E-state index contributed by atoms with van der Waals surface area (Å²) in [6.07, 6.45) is 3.16. The monoisotopic (exact) mass is 155 g/mol. The minimum atomic E-state index is 0.110. The number of aldehydes is 1. The van der Waals surface area contributed by atoms with Gasteiger partial charge in [-0.05, 0) is 18.3 Å². The highest BCUT2D eigenvalue weighted by Crippen LogP contribution is 2.27. The molecule has 0 aromatic carbocycles. The Labute approximate surface area is 68.4 Å². The first kappa shape index (κ1) is 8.72. The van der Waals surface area contributed by atoms with Crippen LogP contribution in [-0.4, -0.2) is 18.4 Å². The van der Waals surface area contributed by atoms with Gasteiger partial charge in [-0.1, -0.05) is 20.8 Å². The van der Waals surface area contributed by atoms with Gasteiger partial charge in [-0.3, -0.25) is 0 Å². The number of hydrogen-bond acceptors (Lipinski definition) is 2. The van der Waals surface area contributed by atoms with Crippen LogP contribution in [0.15, 0.2) is 0 Å². The number of rotatable bonds is 1. The van der Waals surface area contributed by atoms with Crippen molar-refractivity contribution >= 4 is 6.29 Å². The van der Waals surface area contributed by atoms with E-state index in [0.717, 1.165) is 19.1 Å². The summed E-state index contributed by atoms with van der Waals surface area (Å²) in [5.41, 5.74) is 0.289. The first-order chi connectivity index (χ1) is 5.04. The van der Waals surface area contributed by atoms with E-state index in [1.54, 1.807) is 0 Å². The lowest BCUT2D eigenvalue weighted by Crippen LogP contribution is -2.39. The molecule has 0 radical (unpaired) electrons. The molecule has 0 bridgehead atoms. The third kappa shape index (κ3) is 2.03. The Bertz CT molecular complexity index is 148. The zero-order valence-electron chi connectivity index (χ0n) is 7.55. The van der Waals surface area contributed by atoms with Gasteiger partial charge in [0.25, 0.3) is 0 Å². The van der Waals surface area contributed by atoms with Crippen molar-refractivity contribution in [3.8, 4) is 0 Å². The molecule has 1 heterocycles. The molecule has 0 saturated carbocycles. The van der Waals surface area contributed by atoms with Crippen LogP contribution in [0.4, 0.5) is 0 Å². The maximum atomic E-state index is 10.4. The minimum absolute atomic E-state index is 0.110. The van der Waals surface area contributed by atoms with Crippen LogP contribution in [0.1, 0.15) is 33.6 Å². The lowest BCUT2D eigenvalue weighted by Gasteiger charge is -2.27. The van der Waals surface area contributed by atoms with Gasteiger partial charge >= 0.3 is 0 Å². The second-order valence-electron chi connectivity index (χ2n) is 4.41. The van der Waals surface area contributed by atoms with Gasteiger partial charge in [-0.2, -0.15) is 0 Å². The molecule has 1 aliphatic heterocycles. The predicted molar refractivity (Wildman–Crippen MR) is 45.5 cm³/mol. The highest BCUT2D eigenvalue weighted by molar-refractivity contribution is 5.58.